The van der Waals surface area contributed by atoms with Crippen LogP contribution >= 0.6 is 11.6 Å². The third-order valence-electron chi connectivity index (χ3n) is 3.85. The Kier molecular flexibility index (Phi) is 4.02. The number of carbonyl (C=O) groups is 1. The molecule has 1 aromatic carbocycles. The van der Waals surface area contributed by atoms with E-state index in [1.165, 1.54) is 0 Å². The van der Waals surface area contributed by atoms with Crippen LogP contribution in [0.3, 0.4) is 0 Å². The zero-order chi connectivity index (χ0) is 17.2. The fourth-order valence-corrected chi connectivity index (χ4v) is 2.58. The second-order valence-corrected chi connectivity index (χ2v) is 6.02. The number of urea groups is 1. The molecule has 0 bridgehead atoms. The quantitative estimate of drug-likeness (QED) is 0.775. The van der Waals surface area contributed by atoms with E-state index in [9.17, 15) is 4.79 Å². The standard InChI is InChI=1S/C16H13ClN6O2/c17-11-1-3-12(4-2-11)20-16(24)23-8-10(9-23)15-21-14(22-25-15)13-7-18-5-6-19-13/h1-7,10H,8-9H2,(H,20,24). The number of hydrogen-bond donors (Lipinski definition) is 1. The molecule has 0 unspecified atom stereocenters. The number of anilines is 1. The van der Waals surface area contributed by atoms with Crippen LogP contribution in [0.1, 0.15) is 11.8 Å². The fourth-order valence-electron chi connectivity index (χ4n) is 2.46. The summed E-state index contributed by atoms with van der Waals surface area (Å²) in [4.78, 5) is 26.3. The van der Waals surface area contributed by atoms with E-state index in [4.69, 9.17) is 16.1 Å². The van der Waals surface area contributed by atoms with Crippen molar-refractivity contribution in [2.75, 3.05) is 18.4 Å². The number of rotatable bonds is 3. The molecule has 0 saturated carbocycles. The van der Waals surface area contributed by atoms with Crippen molar-refractivity contribution in [2.24, 2.45) is 0 Å². The Balaban J connectivity index is 1.35. The smallest absolute Gasteiger partial charge is 0.321 e. The molecule has 1 aliphatic rings. The molecular formula is C16H13ClN6O2. The molecule has 4 rings (SSSR count). The number of amides is 2. The maximum absolute atomic E-state index is 12.2. The Hall–Kier alpha value is -3.00. The number of likely N-dealkylation sites (tertiary alicyclic amines) is 1. The third-order valence-corrected chi connectivity index (χ3v) is 4.10. The van der Waals surface area contributed by atoms with Gasteiger partial charge in [-0.3, -0.25) is 4.98 Å². The third kappa shape index (κ3) is 3.29. The summed E-state index contributed by atoms with van der Waals surface area (Å²) < 4.78 is 5.28. The Labute approximate surface area is 147 Å². The number of carbonyl (C=O) groups excluding carboxylic acids is 1. The predicted molar refractivity (Wildman–Crippen MR) is 90.1 cm³/mol. The summed E-state index contributed by atoms with van der Waals surface area (Å²) in [5, 5.41) is 7.36. The topological polar surface area (TPSA) is 97.0 Å². The van der Waals surface area contributed by atoms with Gasteiger partial charge in [0.05, 0.1) is 12.1 Å². The minimum atomic E-state index is -0.174. The van der Waals surface area contributed by atoms with Crippen molar-refractivity contribution in [3.05, 3.63) is 53.8 Å². The minimum Gasteiger partial charge on any atom is -0.338 e. The molecule has 0 spiro atoms. The first-order chi connectivity index (χ1) is 12.2. The van der Waals surface area contributed by atoms with E-state index >= 15 is 0 Å². The summed E-state index contributed by atoms with van der Waals surface area (Å²) in [6.07, 6.45) is 4.71. The Morgan fingerprint density at radius 3 is 2.76 bits per heavy atom. The first kappa shape index (κ1) is 15.5. The van der Waals surface area contributed by atoms with Gasteiger partial charge in [0.15, 0.2) is 0 Å². The second-order valence-electron chi connectivity index (χ2n) is 5.59. The van der Waals surface area contributed by atoms with E-state index in [0.717, 1.165) is 0 Å². The predicted octanol–water partition coefficient (Wildman–Crippen LogP) is 2.81. The molecule has 0 aliphatic carbocycles. The van der Waals surface area contributed by atoms with Crippen LogP contribution in [0.2, 0.25) is 5.02 Å². The van der Waals surface area contributed by atoms with Crippen LogP contribution < -0.4 is 5.32 Å². The monoisotopic (exact) mass is 356 g/mol. The molecule has 2 aromatic heterocycles. The van der Waals surface area contributed by atoms with Gasteiger partial charge >= 0.3 is 6.03 Å². The molecule has 3 heterocycles. The van der Waals surface area contributed by atoms with Gasteiger partial charge in [0.1, 0.15) is 5.69 Å². The first-order valence-electron chi connectivity index (χ1n) is 7.60. The summed E-state index contributed by atoms with van der Waals surface area (Å²) in [5.74, 6) is 0.914. The molecular weight excluding hydrogens is 344 g/mol. The SMILES string of the molecule is O=C(Nc1ccc(Cl)cc1)N1CC(c2nc(-c3cnccn3)no2)C1. The highest BCUT2D eigenvalue weighted by Gasteiger charge is 2.35. The van der Waals surface area contributed by atoms with Gasteiger partial charge in [0.2, 0.25) is 11.7 Å². The van der Waals surface area contributed by atoms with E-state index in [0.29, 0.717) is 41.2 Å². The minimum absolute atomic E-state index is 0.0221. The molecule has 1 fully saturated rings. The van der Waals surface area contributed by atoms with Crippen LogP contribution in [0.4, 0.5) is 10.5 Å². The normalized spacial score (nSPS) is 14.2. The molecule has 1 saturated heterocycles. The Morgan fingerprint density at radius 2 is 2.04 bits per heavy atom. The molecule has 1 N–H and O–H groups in total. The van der Waals surface area contributed by atoms with Gasteiger partial charge in [-0.15, -0.1) is 0 Å². The van der Waals surface area contributed by atoms with Gasteiger partial charge in [0, 0.05) is 36.2 Å². The lowest BCUT2D eigenvalue weighted by molar-refractivity contribution is 0.147. The molecule has 25 heavy (non-hydrogen) atoms. The molecule has 0 radical (unpaired) electrons. The molecule has 8 nitrogen and oxygen atoms in total. The van der Waals surface area contributed by atoms with E-state index in [1.807, 2.05) is 0 Å². The number of nitrogens with zero attached hydrogens (tertiary/aromatic N) is 5. The average Bonchev–Trinajstić information content (AvgIpc) is 3.06. The lowest BCUT2D eigenvalue weighted by Crippen LogP contribution is -2.50. The van der Waals surface area contributed by atoms with E-state index < -0.39 is 0 Å². The zero-order valence-corrected chi connectivity index (χ0v) is 13.7. The lowest BCUT2D eigenvalue weighted by atomic mass is 10.0. The summed E-state index contributed by atoms with van der Waals surface area (Å²) in [6.45, 7) is 1.03. The number of aromatic nitrogens is 4. The second kappa shape index (κ2) is 6.48. The molecule has 3 aromatic rings. The van der Waals surface area contributed by atoms with Crippen molar-refractivity contribution in [1.29, 1.82) is 0 Å². The van der Waals surface area contributed by atoms with E-state index in [2.05, 4.69) is 25.4 Å². The van der Waals surface area contributed by atoms with Crippen molar-refractivity contribution < 1.29 is 9.32 Å². The number of nitrogens with one attached hydrogen (secondary N) is 1. The number of benzene rings is 1. The highest BCUT2D eigenvalue weighted by molar-refractivity contribution is 6.30. The van der Waals surface area contributed by atoms with Crippen molar-refractivity contribution in [1.82, 2.24) is 25.0 Å². The van der Waals surface area contributed by atoms with Crippen LogP contribution in [0.25, 0.3) is 11.5 Å². The summed E-state index contributed by atoms with van der Waals surface area (Å²) in [7, 11) is 0. The largest absolute Gasteiger partial charge is 0.338 e. The first-order valence-corrected chi connectivity index (χ1v) is 7.98. The number of halogens is 1. The van der Waals surface area contributed by atoms with Crippen molar-refractivity contribution >= 4 is 23.3 Å². The van der Waals surface area contributed by atoms with Crippen LogP contribution in [0, 0.1) is 0 Å². The van der Waals surface area contributed by atoms with Crippen LogP contribution in [0.5, 0.6) is 0 Å². The molecule has 1 aliphatic heterocycles. The Bertz CT molecular complexity index is 877. The fraction of sp³-hybridized carbons (Fsp3) is 0.188. The van der Waals surface area contributed by atoms with Gasteiger partial charge in [-0.1, -0.05) is 16.8 Å². The van der Waals surface area contributed by atoms with Crippen LogP contribution in [0.15, 0.2) is 47.4 Å². The van der Waals surface area contributed by atoms with Crippen molar-refractivity contribution in [2.45, 2.75) is 5.92 Å². The van der Waals surface area contributed by atoms with Gasteiger partial charge in [0.25, 0.3) is 0 Å². The molecule has 126 valence electrons. The van der Waals surface area contributed by atoms with Gasteiger partial charge in [-0.05, 0) is 24.3 Å². The maximum Gasteiger partial charge on any atom is 0.321 e. The van der Waals surface area contributed by atoms with Gasteiger partial charge < -0.3 is 14.7 Å². The van der Waals surface area contributed by atoms with Crippen molar-refractivity contribution in [3.63, 3.8) is 0 Å². The van der Waals surface area contributed by atoms with Crippen molar-refractivity contribution in [3.8, 4) is 11.5 Å². The average molecular weight is 357 g/mol. The Morgan fingerprint density at radius 1 is 1.24 bits per heavy atom. The highest BCUT2D eigenvalue weighted by Crippen LogP contribution is 2.27. The van der Waals surface area contributed by atoms with Gasteiger partial charge in [-0.2, -0.15) is 4.98 Å². The molecule has 9 heteroatoms. The van der Waals surface area contributed by atoms with E-state index in [-0.39, 0.29) is 11.9 Å². The van der Waals surface area contributed by atoms with Gasteiger partial charge in [-0.25, -0.2) is 9.78 Å². The van der Waals surface area contributed by atoms with Crippen LogP contribution in [-0.4, -0.2) is 44.1 Å². The summed E-state index contributed by atoms with van der Waals surface area (Å²) in [5.41, 5.74) is 1.25. The maximum atomic E-state index is 12.2. The molecule has 2 amide bonds. The highest BCUT2D eigenvalue weighted by atomic mass is 35.5. The summed E-state index contributed by atoms with van der Waals surface area (Å²) in [6, 6.07) is 6.78. The molecule has 0 atom stereocenters. The van der Waals surface area contributed by atoms with E-state index in [1.54, 1.807) is 47.8 Å². The zero-order valence-electron chi connectivity index (χ0n) is 13.0. The van der Waals surface area contributed by atoms with Crippen LogP contribution in [-0.2, 0) is 0 Å². The number of hydrogen-bond acceptors (Lipinski definition) is 6. The lowest BCUT2D eigenvalue weighted by Gasteiger charge is -2.36. The summed E-state index contributed by atoms with van der Waals surface area (Å²) >= 11 is 5.83.